The molecule has 0 atom stereocenters. The summed E-state index contributed by atoms with van der Waals surface area (Å²) in [7, 11) is 1.92. The van der Waals surface area contributed by atoms with E-state index in [-0.39, 0.29) is 5.91 Å². The van der Waals surface area contributed by atoms with Crippen molar-refractivity contribution in [3.8, 4) is 0 Å². The van der Waals surface area contributed by atoms with Gasteiger partial charge < -0.3 is 10.6 Å². The molecule has 23 heavy (non-hydrogen) atoms. The number of nitrogens with zero attached hydrogens (tertiary/aromatic N) is 4. The first-order chi connectivity index (χ1) is 11.0. The predicted octanol–water partition coefficient (Wildman–Crippen LogP) is 0.629. The zero-order valence-corrected chi connectivity index (χ0v) is 14.0. The topological polar surface area (TPSA) is 76.8 Å². The average Bonchev–Trinajstić information content (AvgIpc) is 3.17. The zero-order valence-electron chi connectivity index (χ0n) is 14.0. The van der Waals surface area contributed by atoms with Crippen molar-refractivity contribution in [1.82, 2.24) is 30.2 Å². The summed E-state index contributed by atoms with van der Waals surface area (Å²) in [4.78, 5) is 13.0. The van der Waals surface area contributed by atoms with E-state index in [9.17, 15) is 4.79 Å². The molecule has 7 nitrogen and oxygen atoms in total. The van der Waals surface area contributed by atoms with Crippen LogP contribution in [0.25, 0.3) is 0 Å². The Bertz CT molecular complexity index is 682. The van der Waals surface area contributed by atoms with Crippen molar-refractivity contribution in [2.24, 2.45) is 7.05 Å². The molecular formula is C16H24N6O. The monoisotopic (exact) mass is 316 g/mol. The molecule has 2 aromatic rings. The molecule has 0 aliphatic carbocycles. The highest BCUT2D eigenvalue weighted by atomic mass is 16.2. The number of aromatic nitrogens is 4. The lowest BCUT2D eigenvalue weighted by Crippen LogP contribution is -2.54. The quantitative estimate of drug-likeness (QED) is 0.867. The van der Waals surface area contributed by atoms with Gasteiger partial charge in [-0.3, -0.25) is 14.2 Å². The zero-order chi connectivity index (χ0) is 16.4. The Balaban J connectivity index is 1.79. The SMILES string of the molecule is Cc1nn(C)c(C)c1CNC(=O)C1(n2cccn2)CCNCC1. The molecule has 2 aromatic heterocycles. The van der Waals surface area contributed by atoms with Crippen LogP contribution in [-0.4, -0.2) is 38.6 Å². The number of carbonyl (C=O) groups is 1. The lowest BCUT2D eigenvalue weighted by molar-refractivity contribution is -0.132. The van der Waals surface area contributed by atoms with Gasteiger partial charge in [0.1, 0.15) is 5.54 Å². The lowest BCUT2D eigenvalue weighted by atomic mass is 9.87. The fraction of sp³-hybridized carbons (Fsp3) is 0.562. The lowest BCUT2D eigenvalue weighted by Gasteiger charge is -2.36. The van der Waals surface area contributed by atoms with E-state index in [1.165, 1.54) is 0 Å². The maximum atomic E-state index is 13.0. The van der Waals surface area contributed by atoms with Crippen LogP contribution < -0.4 is 10.6 Å². The summed E-state index contributed by atoms with van der Waals surface area (Å²) in [6, 6.07) is 1.87. The van der Waals surface area contributed by atoms with Crippen molar-refractivity contribution in [2.45, 2.75) is 38.8 Å². The third-order valence-electron chi connectivity index (χ3n) is 4.88. The normalized spacial score (nSPS) is 17.2. The largest absolute Gasteiger partial charge is 0.350 e. The van der Waals surface area contributed by atoms with E-state index in [1.54, 1.807) is 6.20 Å². The minimum absolute atomic E-state index is 0.0327. The minimum atomic E-state index is -0.598. The van der Waals surface area contributed by atoms with Crippen LogP contribution in [0.3, 0.4) is 0 Å². The molecule has 0 radical (unpaired) electrons. The van der Waals surface area contributed by atoms with Crippen molar-refractivity contribution < 1.29 is 4.79 Å². The van der Waals surface area contributed by atoms with Crippen LogP contribution in [0.1, 0.15) is 29.8 Å². The van der Waals surface area contributed by atoms with Crippen molar-refractivity contribution in [3.05, 3.63) is 35.4 Å². The predicted molar refractivity (Wildman–Crippen MR) is 86.8 cm³/mol. The average molecular weight is 316 g/mol. The van der Waals surface area contributed by atoms with E-state index >= 15 is 0 Å². The Kier molecular flexibility index (Phi) is 4.21. The van der Waals surface area contributed by atoms with Gasteiger partial charge in [0, 0.05) is 37.2 Å². The highest BCUT2D eigenvalue weighted by Crippen LogP contribution is 2.27. The van der Waals surface area contributed by atoms with Crippen molar-refractivity contribution in [1.29, 1.82) is 0 Å². The van der Waals surface area contributed by atoms with E-state index in [0.29, 0.717) is 6.54 Å². The first kappa shape index (κ1) is 15.7. The van der Waals surface area contributed by atoms with Crippen LogP contribution in [-0.2, 0) is 23.9 Å². The van der Waals surface area contributed by atoms with Crippen molar-refractivity contribution in [3.63, 3.8) is 0 Å². The molecule has 0 bridgehead atoms. The summed E-state index contributed by atoms with van der Waals surface area (Å²) in [6.07, 6.45) is 5.09. The summed E-state index contributed by atoms with van der Waals surface area (Å²) in [5, 5.41) is 15.2. The fourth-order valence-electron chi connectivity index (χ4n) is 3.33. The number of carbonyl (C=O) groups excluding carboxylic acids is 1. The van der Waals surface area contributed by atoms with E-state index in [4.69, 9.17) is 0 Å². The molecule has 3 rings (SSSR count). The first-order valence-corrected chi connectivity index (χ1v) is 8.03. The summed E-state index contributed by atoms with van der Waals surface area (Å²) in [6.45, 7) is 6.13. The molecule has 0 aromatic carbocycles. The van der Waals surface area contributed by atoms with E-state index in [1.807, 2.05) is 42.5 Å². The summed E-state index contributed by atoms with van der Waals surface area (Å²) >= 11 is 0. The number of hydrogen-bond donors (Lipinski definition) is 2. The molecule has 0 unspecified atom stereocenters. The third-order valence-corrected chi connectivity index (χ3v) is 4.88. The Morgan fingerprint density at radius 2 is 2.13 bits per heavy atom. The molecule has 124 valence electrons. The summed E-state index contributed by atoms with van der Waals surface area (Å²) in [5.74, 6) is 0.0327. The molecule has 1 aliphatic heterocycles. The van der Waals surface area contributed by atoms with Crippen LogP contribution in [0, 0.1) is 13.8 Å². The van der Waals surface area contributed by atoms with Gasteiger partial charge in [-0.25, -0.2) is 0 Å². The highest BCUT2D eigenvalue weighted by molar-refractivity contribution is 5.84. The van der Waals surface area contributed by atoms with Gasteiger partial charge in [0.05, 0.1) is 5.69 Å². The minimum Gasteiger partial charge on any atom is -0.350 e. The van der Waals surface area contributed by atoms with Gasteiger partial charge in [-0.1, -0.05) is 0 Å². The van der Waals surface area contributed by atoms with Gasteiger partial charge in [-0.2, -0.15) is 10.2 Å². The molecule has 3 heterocycles. The summed E-state index contributed by atoms with van der Waals surface area (Å²) < 4.78 is 3.66. The molecular weight excluding hydrogens is 292 g/mol. The number of rotatable bonds is 4. The molecule has 2 N–H and O–H groups in total. The molecule has 0 saturated carbocycles. The molecule has 1 amide bonds. The second-order valence-corrected chi connectivity index (χ2v) is 6.19. The molecule has 1 fully saturated rings. The molecule has 1 aliphatic rings. The van der Waals surface area contributed by atoms with Gasteiger partial charge >= 0.3 is 0 Å². The molecule has 0 spiro atoms. The highest BCUT2D eigenvalue weighted by Gasteiger charge is 2.41. The summed E-state index contributed by atoms with van der Waals surface area (Å²) in [5.41, 5.74) is 2.54. The number of amides is 1. The second-order valence-electron chi connectivity index (χ2n) is 6.19. The Morgan fingerprint density at radius 3 is 2.70 bits per heavy atom. The van der Waals surface area contributed by atoms with Crippen LogP contribution in [0.4, 0.5) is 0 Å². The third kappa shape index (κ3) is 2.76. The number of nitrogens with one attached hydrogen (secondary N) is 2. The number of hydrogen-bond acceptors (Lipinski definition) is 4. The van der Waals surface area contributed by atoms with E-state index in [0.717, 1.165) is 42.9 Å². The van der Waals surface area contributed by atoms with Crippen LogP contribution >= 0.6 is 0 Å². The van der Waals surface area contributed by atoms with Crippen LogP contribution in [0.2, 0.25) is 0 Å². The molecule has 7 heteroatoms. The second kappa shape index (κ2) is 6.16. The number of aryl methyl sites for hydroxylation is 2. The molecule has 1 saturated heterocycles. The van der Waals surface area contributed by atoms with Gasteiger partial charge in [-0.15, -0.1) is 0 Å². The van der Waals surface area contributed by atoms with E-state index in [2.05, 4.69) is 20.8 Å². The standard InChI is InChI=1S/C16H24N6O/c1-12-14(13(2)21(3)20-12)11-18-15(23)16(5-8-17-9-6-16)22-10-4-7-19-22/h4,7,10,17H,5-6,8-9,11H2,1-3H3,(H,18,23). The van der Waals surface area contributed by atoms with Crippen LogP contribution in [0.5, 0.6) is 0 Å². The smallest absolute Gasteiger partial charge is 0.248 e. The Labute approximate surface area is 136 Å². The van der Waals surface area contributed by atoms with Crippen molar-refractivity contribution in [2.75, 3.05) is 13.1 Å². The maximum absolute atomic E-state index is 13.0. The number of piperidine rings is 1. The Morgan fingerprint density at radius 1 is 1.39 bits per heavy atom. The van der Waals surface area contributed by atoms with Gasteiger partial charge in [0.25, 0.3) is 0 Å². The Hall–Kier alpha value is -2.15. The van der Waals surface area contributed by atoms with Gasteiger partial charge in [0.2, 0.25) is 5.91 Å². The van der Waals surface area contributed by atoms with Crippen LogP contribution in [0.15, 0.2) is 18.5 Å². The first-order valence-electron chi connectivity index (χ1n) is 8.03. The maximum Gasteiger partial charge on any atom is 0.248 e. The fourth-order valence-corrected chi connectivity index (χ4v) is 3.33. The van der Waals surface area contributed by atoms with Gasteiger partial charge in [-0.05, 0) is 45.8 Å². The van der Waals surface area contributed by atoms with E-state index < -0.39 is 5.54 Å². The van der Waals surface area contributed by atoms with Crippen molar-refractivity contribution >= 4 is 5.91 Å². The van der Waals surface area contributed by atoms with Gasteiger partial charge in [0.15, 0.2) is 0 Å².